The van der Waals surface area contributed by atoms with Crippen molar-refractivity contribution in [2.45, 2.75) is 0 Å². The first-order valence-corrected chi connectivity index (χ1v) is 15.4. The first kappa shape index (κ1) is 25.6. The molecule has 0 atom stereocenters. The topological polar surface area (TPSA) is 13.1 Å². The largest absolute Gasteiger partial charge is 0.455 e. The molecule has 0 aliphatic carbocycles. The van der Waals surface area contributed by atoms with Crippen LogP contribution in [0.25, 0.3) is 88.0 Å². The van der Waals surface area contributed by atoms with Crippen molar-refractivity contribution in [1.29, 1.82) is 0 Å². The molecule has 1 heteroatoms. The Morgan fingerprint density at radius 1 is 0.289 bits per heavy atom. The molecule has 1 nitrogen and oxygen atoms in total. The molecule has 0 saturated carbocycles. The van der Waals surface area contributed by atoms with Gasteiger partial charge in [-0.25, -0.2) is 0 Å². The maximum atomic E-state index is 6.62. The highest BCUT2D eigenvalue weighted by Crippen LogP contribution is 2.41. The maximum Gasteiger partial charge on any atom is 0.143 e. The molecule has 0 bridgehead atoms. The Bertz CT molecular complexity index is 2530. The average molecular weight is 573 g/mol. The monoisotopic (exact) mass is 572 g/mol. The second-order valence-corrected chi connectivity index (χ2v) is 11.8. The van der Waals surface area contributed by atoms with Crippen LogP contribution in [0.5, 0.6) is 0 Å². The molecule has 0 fully saturated rings. The third-order valence-electron chi connectivity index (χ3n) is 9.02. The molecule has 0 spiro atoms. The van der Waals surface area contributed by atoms with Crippen LogP contribution in [0.3, 0.4) is 0 Å². The Kier molecular flexibility index (Phi) is 5.89. The summed E-state index contributed by atoms with van der Waals surface area (Å²) in [6.07, 6.45) is 0. The number of furan rings is 1. The Balaban J connectivity index is 1.23. The van der Waals surface area contributed by atoms with Gasteiger partial charge in [0.15, 0.2) is 0 Å². The van der Waals surface area contributed by atoms with E-state index in [4.69, 9.17) is 4.42 Å². The second-order valence-electron chi connectivity index (χ2n) is 11.8. The maximum absolute atomic E-state index is 6.62. The minimum Gasteiger partial charge on any atom is -0.455 e. The highest BCUT2D eigenvalue weighted by Gasteiger charge is 2.16. The van der Waals surface area contributed by atoms with Crippen molar-refractivity contribution in [2.75, 3.05) is 0 Å². The molecule has 0 N–H and O–H groups in total. The van der Waals surface area contributed by atoms with Crippen LogP contribution in [0.2, 0.25) is 0 Å². The number of benzene rings is 8. The van der Waals surface area contributed by atoms with E-state index in [0.29, 0.717) is 0 Å². The summed E-state index contributed by atoms with van der Waals surface area (Å²) in [6, 6.07) is 61.1. The van der Waals surface area contributed by atoms with E-state index in [-0.39, 0.29) is 0 Å². The molecule has 0 amide bonds. The zero-order valence-electron chi connectivity index (χ0n) is 24.6. The van der Waals surface area contributed by atoms with Crippen LogP contribution in [0.15, 0.2) is 174 Å². The zero-order valence-corrected chi connectivity index (χ0v) is 24.6. The quantitative estimate of drug-likeness (QED) is 0.204. The van der Waals surface area contributed by atoms with Crippen LogP contribution in [-0.2, 0) is 0 Å². The summed E-state index contributed by atoms with van der Waals surface area (Å²) in [6.45, 7) is 0. The van der Waals surface area contributed by atoms with Crippen LogP contribution in [0, 0.1) is 0 Å². The first-order valence-electron chi connectivity index (χ1n) is 15.4. The fourth-order valence-electron chi connectivity index (χ4n) is 6.67. The minimum atomic E-state index is 0.897. The van der Waals surface area contributed by atoms with Gasteiger partial charge in [-0.05, 0) is 103 Å². The molecule has 1 heterocycles. The van der Waals surface area contributed by atoms with Crippen molar-refractivity contribution in [2.24, 2.45) is 0 Å². The summed E-state index contributed by atoms with van der Waals surface area (Å²) in [5, 5.41) is 7.25. The van der Waals surface area contributed by atoms with Crippen LogP contribution < -0.4 is 0 Å². The summed E-state index contributed by atoms with van der Waals surface area (Å²) in [5.41, 5.74) is 11.2. The van der Waals surface area contributed by atoms with Gasteiger partial charge in [-0.2, -0.15) is 0 Å². The smallest absolute Gasteiger partial charge is 0.143 e. The average Bonchev–Trinajstić information content (AvgIpc) is 3.49. The van der Waals surface area contributed by atoms with Gasteiger partial charge in [-0.15, -0.1) is 0 Å². The highest BCUT2D eigenvalue weighted by molar-refractivity contribution is 6.12. The Morgan fingerprint density at radius 2 is 0.800 bits per heavy atom. The van der Waals surface area contributed by atoms with Crippen molar-refractivity contribution >= 4 is 43.5 Å². The molecule has 0 unspecified atom stereocenters. The molecule has 0 saturated heterocycles. The summed E-state index contributed by atoms with van der Waals surface area (Å²) < 4.78 is 6.62. The number of fused-ring (bicyclic) bond motifs is 5. The standard InChI is InChI=1S/C44H28O/c1-2-11-31(12-3-1)40-27-39(35-16-8-15-34(25-35)36-19-17-29-9-4-6-13-32(29)23-36)28-42-41-26-38(21-22-43(41)45-44(40)42)37-20-18-30-10-5-7-14-33(30)24-37/h1-28H. The fourth-order valence-corrected chi connectivity index (χ4v) is 6.67. The molecule has 9 aromatic rings. The lowest BCUT2D eigenvalue weighted by atomic mass is 9.93. The molecular weight excluding hydrogens is 544 g/mol. The van der Waals surface area contributed by atoms with E-state index in [1.807, 2.05) is 0 Å². The van der Waals surface area contributed by atoms with E-state index in [1.165, 1.54) is 54.9 Å². The Labute approximate surface area is 261 Å². The fraction of sp³-hybridized carbons (Fsp3) is 0. The number of hydrogen-bond donors (Lipinski definition) is 0. The molecule has 1 aromatic heterocycles. The molecule has 0 aliphatic heterocycles. The molecule has 9 rings (SSSR count). The van der Waals surface area contributed by atoms with Gasteiger partial charge >= 0.3 is 0 Å². The molecular formula is C44H28O. The van der Waals surface area contributed by atoms with E-state index in [0.717, 1.165) is 33.1 Å². The van der Waals surface area contributed by atoms with Gasteiger partial charge in [0, 0.05) is 16.3 Å². The number of hydrogen-bond acceptors (Lipinski definition) is 1. The lowest BCUT2D eigenvalue weighted by Gasteiger charge is -2.10. The van der Waals surface area contributed by atoms with Gasteiger partial charge in [0.05, 0.1) is 0 Å². The van der Waals surface area contributed by atoms with Crippen LogP contribution >= 0.6 is 0 Å². The predicted molar refractivity (Wildman–Crippen MR) is 190 cm³/mol. The summed E-state index contributed by atoms with van der Waals surface area (Å²) >= 11 is 0. The van der Waals surface area contributed by atoms with Gasteiger partial charge in [0.2, 0.25) is 0 Å². The molecule has 45 heavy (non-hydrogen) atoms. The third-order valence-corrected chi connectivity index (χ3v) is 9.02. The third kappa shape index (κ3) is 4.49. The van der Waals surface area contributed by atoms with Gasteiger partial charge < -0.3 is 4.42 Å². The number of rotatable bonds is 4. The van der Waals surface area contributed by atoms with Crippen molar-refractivity contribution < 1.29 is 4.42 Å². The van der Waals surface area contributed by atoms with Crippen LogP contribution in [0.4, 0.5) is 0 Å². The van der Waals surface area contributed by atoms with Crippen molar-refractivity contribution in [3.8, 4) is 44.5 Å². The molecule has 0 radical (unpaired) electrons. The van der Waals surface area contributed by atoms with Gasteiger partial charge in [0.25, 0.3) is 0 Å². The highest BCUT2D eigenvalue weighted by atomic mass is 16.3. The predicted octanol–water partition coefficient (Wildman–Crippen LogP) is 12.6. The molecule has 210 valence electrons. The van der Waals surface area contributed by atoms with Crippen molar-refractivity contribution in [3.05, 3.63) is 170 Å². The van der Waals surface area contributed by atoms with Crippen molar-refractivity contribution in [1.82, 2.24) is 0 Å². The van der Waals surface area contributed by atoms with E-state index in [9.17, 15) is 0 Å². The normalized spacial score (nSPS) is 11.6. The SMILES string of the molecule is c1ccc(-c2cc(-c3cccc(-c4ccc5ccccc5c4)c3)cc3c2oc2ccc(-c4ccc5ccccc5c4)cc23)cc1. The van der Waals surface area contributed by atoms with Crippen molar-refractivity contribution in [3.63, 3.8) is 0 Å². The van der Waals surface area contributed by atoms with Gasteiger partial charge in [-0.3, -0.25) is 0 Å². The lowest BCUT2D eigenvalue weighted by Crippen LogP contribution is -1.85. The van der Waals surface area contributed by atoms with Crippen LogP contribution in [0.1, 0.15) is 0 Å². The molecule has 8 aromatic carbocycles. The van der Waals surface area contributed by atoms with Gasteiger partial charge in [0.1, 0.15) is 11.2 Å². The van der Waals surface area contributed by atoms with E-state index in [1.54, 1.807) is 0 Å². The summed E-state index contributed by atoms with van der Waals surface area (Å²) in [4.78, 5) is 0. The van der Waals surface area contributed by atoms with E-state index in [2.05, 4.69) is 170 Å². The first-order chi connectivity index (χ1) is 22.3. The summed E-state index contributed by atoms with van der Waals surface area (Å²) in [5.74, 6) is 0. The summed E-state index contributed by atoms with van der Waals surface area (Å²) in [7, 11) is 0. The lowest BCUT2D eigenvalue weighted by molar-refractivity contribution is 0.670. The zero-order chi connectivity index (χ0) is 29.7. The van der Waals surface area contributed by atoms with E-state index >= 15 is 0 Å². The molecule has 0 aliphatic rings. The van der Waals surface area contributed by atoms with Crippen LogP contribution in [-0.4, -0.2) is 0 Å². The van der Waals surface area contributed by atoms with E-state index < -0.39 is 0 Å². The Hall–Kier alpha value is -5.92. The Morgan fingerprint density at radius 3 is 1.49 bits per heavy atom. The second kappa shape index (κ2) is 10.4. The van der Waals surface area contributed by atoms with Gasteiger partial charge in [-0.1, -0.05) is 127 Å². The minimum absolute atomic E-state index is 0.897.